The molecule has 0 unspecified atom stereocenters. The van der Waals surface area contributed by atoms with Gasteiger partial charge in [0.1, 0.15) is 0 Å². The fourth-order valence-electron chi connectivity index (χ4n) is 3.66. The van der Waals surface area contributed by atoms with Gasteiger partial charge in [-0.1, -0.05) is 19.1 Å². The molecular weight excluding hydrogens is 408 g/mol. The molecule has 2 atom stereocenters. The van der Waals surface area contributed by atoms with E-state index in [-0.39, 0.29) is 19.1 Å². The summed E-state index contributed by atoms with van der Waals surface area (Å²) in [7, 11) is 0. The van der Waals surface area contributed by atoms with E-state index in [4.69, 9.17) is 10.2 Å². The van der Waals surface area contributed by atoms with Crippen LogP contribution in [-0.2, 0) is 11.2 Å². The van der Waals surface area contributed by atoms with Crippen molar-refractivity contribution in [2.45, 2.75) is 83.3 Å². The largest absolute Gasteiger partial charge is 0.394 e. The number of aliphatic hydroxyl groups is 4. The molecule has 0 heterocycles. The first kappa shape index (κ1) is 28.5. The van der Waals surface area contributed by atoms with Crippen LogP contribution in [0.3, 0.4) is 0 Å². The molecule has 184 valence electrons. The van der Waals surface area contributed by atoms with E-state index in [0.717, 1.165) is 70.3 Å². The van der Waals surface area contributed by atoms with Crippen molar-refractivity contribution in [3.05, 3.63) is 29.8 Å². The molecule has 0 saturated heterocycles. The number of aryl methyl sites for hydroxylation is 1. The number of nitrogens with zero attached hydrogens (tertiary/aromatic N) is 1. The van der Waals surface area contributed by atoms with Gasteiger partial charge in [-0.2, -0.15) is 0 Å². The second kappa shape index (κ2) is 18.0. The maximum atomic E-state index is 11.7. The number of carbonyl (C=O) groups excluding carboxylic acids is 1. The summed E-state index contributed by atoms with van der Waals surface area (Å²) >= 11 is 0. The van der Waals surface area contributed by atoms with Crippen molar-refractivity contribution in [1.29, 1.82) is 0 Å². The lowest BCUT2D eigenvalue weighted by Gasteiger charge is -2.23. The molecule has 0 saturated carbocycles. The van der Waals surface area contributed by atoms with Crippen LogP contribution in [0.25, 0.3) is 0 Å². The maximum Gasteiger partial charge on any atom is 0.224 e. The Hall–Kier alpha value is -1.51. The van der Waals surface area contributed by atoms with Crippen LogP contribution in [0.5, 0.6) is 0 Å². The van der Waals surface area contributed by atoms with Gasteiger partial charge in [-0.25, -0.2) is 0 Å². The molecule has 0 aliphatic heterocycles. The van der Waals surface area contributed by atoms with Crippen LogP contribution in [0.1, 0.15) is 70.3 Å². The predicted molar refractivity (Wildman–Crippen MR) is 129 cm³/mol. The van der Waals surface area contributed by atoms with Gasteiger partial charge in [0.05, 0.1) is 25.4 Å². The first-order valence-electron chi connectivity index (χ1n) is 12.2. The molecule has 0 fully saturated rings. The topological polar surface area (TPSA) is 113 Å². The van der Waals surface area contributed by atoms with Crippen LogP contribution in [0, 0.1) is 0 Å². The van der Waals surface area contributed by atoms with Crippen LogP contribution in [0.2, 0.25) is 0 Å². The molecule has 1 rings (SSSR count). The Kier molecular flexibility index (Phi) is 16.0. The zero-order valence-electron chi connectivity index (χ0n) is 19.7. The molecule has 1 amide bonds. The monoisotopic (exact) mass is 452 g/mol. The Morgan fingerprint density at radius 1 is 0.875 bits per heavy atom. The van der Waals surface area contributed by atoms with Gasteiger partial charge in [0.25, 0.3) is 0 Å². The number of anilines is 1. The molecule has 0 bridgehead atoms. The molecule has 0 aliphatic rings. The molecule has 32 heavy (non-hydrogen) atoms. The number of hydrogen-bond acceptors (Lipinski definition) is 6. The minimum Gasteiger partial charge on any atom is -0.394 e. The summed E-state index contributed by atoms with van der Waals surface area (Å²) in [6.45, 7) is 4.49. The van der Waals surface area contributed by atoms with E-state index >= 15 is 0 Å². The van der Waals surface area contributed by atoms with Crippen molar-refractivity contribution in [2.24, 2.45) is 0 Å². The summed E-state index contributed by atoms with van der Waals surface area (Å²) in [6.07, 6.45) is 7.06. The quantitative estimate of drug-likeness (QED) is 0.206. The third-order valence-corrected chi connectivity index (χ3v) is 5.60. The summed E-state index contributed by atoms with van der Waals surface area (Å²) in [5.41, 5.74) is 2.08. The molecule has 0 aromatic heterocycles. The summed E-state index contributed by atoms with van der Waals surface area (Å²) in [4.78, 5) is 14.1. The van der Waals surface area contributed by atoms with E-state index in [1.807, 2.05) is 19.1 Å². The summed E-state index contributed by atoms with van der Waals surface area (Å²) in [5.74, 6) is 0.0499. The first-order chi connectivity index (χ1) is 15.5. The first-order valence-corrected chi connectivity index (χ1v) is 12.2. The molecule has 5 N–H and O–H groups in total. The van der Waals surface area contributed by atoms with E-state index in [1.165, 1.54) is 5.56 Å². The number of hydrogen-bond donors (Lipinski definition) is 5. The molecule has 0 radical (unpaired) electrons. The Balaban J connectivity index is 2.41. The van der Waals surface area contributed by atoms with Gasteiger partial charge in [0, 0.05) is 12.1 Å². The van der Waals surface area contributed by atoms with Gasteiger partial charge < -0.3 is 30.6 Å². The number of carbonyl (C=O) groups is 1. The third-order valence-electron chi connectivity index (χ3n) is 5.60. The SMILES string of the molecule is CCCC(=O)Nc1ccc(CCCN(CCCC[C@H](O)CO)CCCC[C@H](O)CO)cc1. The van der Waals surface area contributed by atoms with Crippen molar-refractivity contribution < 1.29 is 25.2 Å². The van der Waals surface area contributed by atoms with Crippen molar-refractivity contribution in [1.82, 2.24) is 4.90 Å². The van der Waals surface area contributed by atoms with E-state index in [0.29, 0.717) is 19.3 Å². The summed E-state index contributed by atoms with van der Waals surface area (Å²) in [6, 6.07) is 8.05. The van der Waals surface area contributed by atoms with Gasteiger partial charge in [0.15, 0.2) is 0 Å². The molecule has 7 heteroatoms. The number of amides is 1. The second-order valence-electron chi connectivity index (χ2n) is 8.60. The molecule has 0 aliphatic carbocycles. The highest BCUT2D eigenvalue weighted by Crippen LogP contribution is 2.13. The van der Waals surface area contributed by atoms with Crippen molar-refractivity contribution in [2.75, 3.05) is 38.2 Å². The zero-order chi connectivity index (χ0) is 23.6. The van der Waals surface area contributed by atoms with E-state index < -0.39 is 12.2 Å². The number of benzene rings is 1. The van der Waals surface area contributed by atoms with E-state index in [1.54, 1.807) is 0 Å². The highest BCUT2D eigenvalue weighted by atomic mass is 16.3. The number of nitrogens with one attached hydrogen (secondary N) is 1. The lowest BCUT2D eigenvalue weighted by molar-refractivity contribution is -0.116. The highest BCUT2D eigenvalue weighted by molar-refractivity contribution is 5.90. The van der Waals surface area contributed by atoms with Crippen molar-refractivity contribution in [3.63, 3.8) is 0 Å². The van der Waals surface area contributed by atoms with Crippen LogP contribution >= 0.6 is 0 Å². The fourth-order valence-corrected chi connectivity index (χ4v) is 3.66. The second-order valence-corrected chi connectivity index (χ2v) is 8.60. The third kappa shape index (κ3) is 13.8. The fraction of sp³-hybridized carbons (Fsp3) is 0.720. The average Bonchev–Trinajstić information content (AvgIpc) is 2.79. The van der Waals surface area contributed by atoms with Crippen LogP contribution in [0.4, 0.5) is 5.69 Å². The molecule has 0 spiro atoms. The summed E-state index contributed by atoms with van der Waals surface area (Å²) < 4.78 is 0. The lowest BCUT2D eigenvalue weighted by Crippen LogP contribution is -2.28. The summed E-state index contributed by atoms with van der Waals surface area (Å²) in [5, 5.41) is 39.8. The Labute approximate surface area is 193 Å². The molecule has 7 nitrogen and oxygen atoms in total. The van der Waals surface area contributed by atoms with Crippen molar-refractivity contribution in [3.8, 4) is 0 Å². The van der Waals surface area contributed by atoms with Gasteiger partial charge in [-0.05, 0) is 95.1 Å². The van der Waals surface area contributed by atoms with Gasteiger partial charge >= 0.3 is 0 Å². The normalized spacial score (nSPS) is 13.3. The zero-order valence-corrected chi connectivity index (χ0v) is 19.7. The van der Waals surface area contributed by atoms with Gasteiger partial charge in [-0.3, -0.25) is 4.79 Å². The maximum absolute atomic E-state index is 11.7. The molecule has 1 aromatic carbocycles. The lowest BCUT2D eigenvalue weighted by atomic mass is 10.1. The number of aliphatic hydroxyl groups excluding tert-OH is 4. The Bertz CT molecular complexity index is 578. The minimum absolute atomic E-state index is 0.0499. The predicted octanol–water partition coefficient (Wildman–Crippen LogP) is 2.71. The van der Waals surface area contributed by atoms with Crippen molar-refractivity contribution >= 4 is 11.6 Å². The molecular formula is C25H44N2O5. The van der Waals surface area contributed by atoms with Crippen LogP contribution in [0.15, 0.2) is 24.3 Å². The van der Waals surface area contributed by atoms with Crippen LogP contribution in [-0.4, -0.2) is 76.3 Å². The Morgan fingerprint density at radius 3 is 1.91 bits per heavy atom. The number of rotatable bonds is 19. The molecule has 1 aromatic rings. The highest BCUT2D eigenvalue weighted by Gasteiger charge is 2.08. The standard InChI is InChI=1S/C25H44N2O5/c1-2-8-25(32)26-22-14-12-21(13-15-22)9-7-18-27(16-5-3-10-23(30)19-28)17-6-4-11-24(31)20-29/h12-15,23-24,28-31H,2-11,16-20H2,1H3,(H,26,32)/t23-,24-/m0/s1. The van der Waals surface area contributed by atoms with E-state index in [9.17, 15) is 15.0 Å². The van der Waals surface area contributed by atoms with Gasteiger partial charge in [-0.15, -0.1) is 0 Å². The average molecular weight is 453 g/mol. The van der Waals surface area contributed by atoms with Crippen LogP contribution < -0.4 is 5.32 Å². The van der Waals surface area contributed by atoms with E-state index in [2.05, 4.69) is 22.3 Å². The minimum atomic E-state index is -0.627. The Morgan fingerprint density at radius 2 is 1.41 bits per heavy atom. The smallest absolute Gasteiger partial charge is 0.224 e. The van der Waals surface area contributed by atoms with Gasteiger partial charge in [0.2, 0.25) is 5.91 Å². The number of unbranched alkanes of at least 4 members (excludes halogenated alkanes) is 2.